The number of carboxylic acid groups (broad SMARTS) is 1. The first-order chi connectivity index (χ1) is 22.4. The molecule has 0 saturated carbocycles. The van der Waals surface area contributed by atoms with Gasteiger partial charge < -0.3 is 25.8 Å². The van der Waals surface area contributed by atoms with Gasteiger partial charge >= 0.3 is 6.09 Å². The Morgan fingerprint density at radius 2 is 1.89 bits per heavy atom. The van der Waals surface area contributed by atoms with Crippen molar-refractivity contribution in [2.45, 2.75) is 69.7 Å². The van der Waals surface area contributed by atoms with Crippen molar-refractivity contribution in [1.82, 2.24) is 19.9 Å². The number of carbonyl (C=O) groups excluding carboxylic acids is 1. The Hall–Kier alpha value is -3.78. The molecule has 2 aromatic carbocycles. The molecule has 2 aliphatic heterocycles. The fraction of sp³-hybridized carbons (Fsp3) is 0.424. The van der Waals surface area contributed by atoms with Crippen molar-refractivity contribution in [3.8, 4) is 5.88 Å². The van der Waals surface area contributed by atoms with E-state index in [1.54, 1.807) is 42.5 Å². The number of rotatable bonds is 11. The maximum atomic E-state index is 15.3. The molecule has 2 amide bonds. The van der Waals surface area contributed by atoms with E-state index in [0.717, 1.165) is 6.42 Å². The number of ether oxygens (including phenoxy) is 1. The number of fused-ring (bicyclic) bond motifs is 2. The third kappa shape index (κ3) is 8.58. The number of pyridine rings is 1. The summed E-state index contributed by atoms with van der Waals surface area (Å²) in [6.07, 6.45) is 1.80. The highest BCUT2D eigenvalue weighted by atomic mass is 35.5. The van der Waals surface area contributed by atoms with Crippen LogP contribution in [0.4, 0.5) is 14.9 Å². The Bertz CT molecular complexity index is 1680. The van der Waals surface area contributed by atoms with Crippen LogP contribution in [0.2, 0.25) is 5.02 Å². The van der Waals surface area contributed by atoms with E-state index in [0.29, 0.717) is 48.0 Å². The van der Waals surface area contributed by atoms with Crippen molar-refractivity contribution in [1.29, 1.82) is 0 Å². The van der Waals surface area contributed by atoms with Crippen LogP contribution in [-0.2, 0) is 21.2 Å². The van der Waals surface area contributed by atoms with Crippen LogP contribution in [0.1, 0.15) is 55.7 Å². The van der Waals surface area contributed by atoms with E-state index in [2.05, 4.69) is 20.9 Å². The molecule has 47 heavy (non-hydrogen) atoms. The van der Waals surface area contributed by atoms with E-state index in [4.69, 9.17) is 16.3 Å². The van der Waals surface area contributed by atoms with Crippen LogP contribution in [0.3, 0.4) is 0 Å². The lowest BCUT2D eigenvalue weighted by Crippen LogP contribution is -2.57. The zero-order valence-electron chi connectivity index (χ0n) is 26.2. The molecular formula is C33H39ClFN5O6S. The highest BCUT2D eigenvalue weighted by Gasteiger charge is 2.38. The summed E-state index contributed by atoms with van der Waals surface area (Å²) in [4.78, 5) is 30.4. The van der Waals surface area contributed by atoms with Crippen molar-refractivity contribution in [3.63, 3.8) is 0 Å². The Morgan fingerprint density at radius 3 is 2.57 bits per heavy atom. The van der Waals surface area contributed by atoms with Gasteiger partial charge in [0.05, 0.1) is 11.9 Å². The minimum Gasteiger partial charge on any atom is -0.475 e. The molecule has 2 bridgehead atoms. The number of amides is 2. The molecule has 0 radical (unpaired) electrons. The van der Waals surface area contributed by atoms with Gasteiger partial charge in [0, 0.05) is 59.6 Å². The van der Waals surface area contributed by atoms with Crippen molar-refractivity contribution in [3.05, 3.63) is 88.3 Å². The highest BCUT2D eigenvalue weighted by Crippen LogP contribution is 2.32. The third-order valence-electron chi connectivity index (χ3n) is 8.46. The van der Waals surface area contributed by atoms with Gasteiger partial charge in [0.15, 0.2) is 0 Å². The normalized spacial score (nSPS) is 21.7. The molecule has 5 unspecified atom stereocenters. The van der Waals surface area contributed by atoms with Gasteiger partial charge in [-0.2, -0.15) is 4.31 Å². The summed E-state index contributed by atoms with van der Waals surface area (Å²) in [5.41, 5.74) is 1.48. The molecule has 252 valence electrons. The van der Waals surface area contributed by atoms with Gasteiger partial charge in [-0.25, -0.2) is 22.6 Å². The SMILES string of the molecule is CC(C)Oc1ccc(C(c2ccc(Cl)cc2)C(NC(=O)O)C(=O)Nc2cccc(F)c2CCC2CNC3CCCS(=O)(=O)N2C3)cn1. The molecule has 4 N–H and O–H groups in total. The number of halogens is 2. The van der Waals surface area contributed by atoms with Crippen LogP contribution in [0.25, 0.3) is 0 Å². The lowest BCUT2D eigenvalue weighted by Gasteiger charge is -2.37. The van der Waals surface area contributed by atoms with Gasteiger partial charge in [0.1, 0.15) is 11.9 Å². The molecule has 2 aliphatic rings. The number of anilines is 1. The number of carbonyl (C=O) groups is 2. The first-order valence-corrected chi connectivity index (χ1v) is 17.6. The second-order valence-corrected chi connectivity index (χ2v) is 14.6. The van der Waals surface area contributed by atoms with Gasteiger partial charge in [-0.05, 0) is 74.9 Å². The molecule has 2 saturated heterocycles. The summed E-state index contributed by atoms with van der Waals surface area (Å²) in [7, 11) is -3.44. The molecule has 0 spiro atoms. The monoisotopic (exact) mass is 687 g/mol. The van der Waals surface area contributed by atoms with Gasteiger partial charge in [0.25, 0.3) is 0 Å². The van der Waals surface area contributed by atoms with E-state index in [9.17, 15) is 23.1 Å². The molecular weight excluding hydrogens is 649 g/mol. The van der Waals surface area contributed by atoms with Crippen LogP contribution in [0, 0.1) is 5.82 Å². The Balaban J connectivity index is 1.43. The predicted octanol–water partition coefficient (Wildman–Crippen LogP) is 4.77. The van der Waals surface area contributed by atoms with Gasteiger partial charge in [-0.3, -0.25) is 4.79 Å². The predicted molar refractivity (Wildman–Crippen MR) is 177 cm³/mol. The van der Waals surface area contributed by atoms with E-state index < -0.39 is 39.8 Å². The average Bonchev–Trinajstić information content (AvgIpc) is 3.13. The molecule has 1 aromatic heterocycles. The van der Waals surface area contributed by atoms with Crippen LogP contribution in [0.15, 0.2) is 60.8 Å². The van der Waals surface area contributed by atoms with Gasteiger partial charge in [-0.1, -0.05) is 35.9 Å². The summed E-state index contributed by atoms with van der Waals surface area (Å²) >= 11 is 6.14. The standard InChI is InChI=1S/C33H39ClFN5O6S/c1-20(2)46-29-15-10-22(17-37-29)30(21-8-11-23(34)12-9-21)31(39-33(42)43)32(41)38-28-7-3-6-27(35)26(28)14-13-25-18-36-24-5-4-16-47(44,45)40(25)19-24/h3,6-12,15,17,20,24-25,30-31,36,39H,4-5,13-14,16,18-19H2,1-2H3,(H,38,41)(H,42,43). The smallest absolute Gasteiger partial charge is 0.405 e. The Morgan fingerprint density at radius 1 is 1.15 bits per heavy atom. The Kier molecular flexibility index (Phi) is 11.0. The number of hydrogen-bond donors (Lipinski definition) is 4. The van der Waals surface area contributed by atoms with Crippen LogP contribution in [0.5, 0.6) is 5.88 Å². The summed E-state index contributed by atoms with van der Waals surface area (Å²) in [5.74, 6) is -1.69. The lowest BCUT2D eigenvalue weighted by atomic mass is 9.85. The van der Waals surface area contributed by atoms with Crippen molar-refractivity contribution in [2.75, 3.05) is 24.2 Å². The second-order valence-electron chi connectivity index (χ2n) is 12.1. The molecule has 3 aromatic rings. The van der Waals surface area contributed by atoms with E-state index >= 15 is 4.39 Å². The minimum atomic E-state index is -3.44. The van der Waals surface area contributed by atoms with Crippen LogP contribution >= 0.6 is 11.6 Å². The minimum absolute atomic E-state index is 0.0818. The topological polar surface area (TPSA) is 150 Å². The molecule has 5 rings (SSSR count). The summed E-state index contributed by atoms with van der Waals surface area (Å²) in [5, 5.41) is 18.8. The van der Waals surface area contributed by atoms with Gasteiger partial charge in [0.2, 0.25) is 21.8 Å². The number of nitrogens with one attached hydrogen (secondary N) is 3. The summed E-state index contributed by atoms with van der Waals surface area (Å²) < 4.78 is 48.4. The highest BCUT2D eigenvalue weighted by molar-refractivity contribution is 7.89. The molecule has 3 heterocycles. The lowest BCUT2D eigenvalue weighted by molar-refractivity contribution is -0.118. The summed E-state index contributed by atoms with van der Waals surface area (Å²) in [6, 6.07) is 12.6. The quantitative estimate of drug-likeness (QED) is 0.225. The Labute approximate surface area is 278 Å². The summed E-state index contributed by atoms with van der Waals surface area (Å²) in [6.45, 7) is 4.55. The third-order valence-corrected chi connectivity index (χ3v) is 10.7. The van der Waals surface area contributed by atoms with Crippen molar-refractivity contribution in [2.24, 2.45) is 0 Å². The van der Waals surface area contributed by atoms with E-state index in [1.807, 2.05) is 13.8 Å². The van der Waals surface area contributed by atoms with Crippen molar-refractivity contribution < 1.29 is 32.2 Å². The number of piperazine rings is 1. The van der Waals surface area contributed by atoms with Crippen LogP contribution < -0.4 is 20.7 Å². The number of nitrogens with zero attached hydrogens (tertiary/aromatic N) is 2. The zero-order chi connectivity index (χ0) is 33.7. The molecule has 2 fully saturated rings. The maximum absolute atomic E-state index is 15.3. The second kappa shape index (κ2) is 15.0. The number of sulfonamides is 1. The van der Waals surface area contributed by atoms with Crippen LogP contribution in [-0.4, -0.2) is 77.9 Å². The average molecular weight is 688 g/mol. The van der Waals surface area contributed by atoms with Gasteiger partial charge in [-0.15, -0.1) is 0 Å². The van der Waals surface area contributed by atoms with E-state index in [-0.39, 0.29) is 41.6 Å². The first kappa shape index (κ1) is 34.6. The zero-order valence-corrected chi connectivity index (χ0v) is 27.7. The first-order valence-electron chi connectivity index (χ1n) is 15.6. The largest absolute Gasteiger partial charge is 0.475 e. The molecule has 11 nitrogen and oxygen atoms in total. The maximum Gasteiger partial charge on any atom is 0.405 e. The van der Waals surface area contributed by atoms with E-state index in [1.165, 1.54) is 22.6 Å². The molecule has 14 heteroatoms. The fourth-order valence-electron chi connectivity index (χ4n) is 6.26. The number of aromatic nitrogens is 1. The molecule has 5 atom stereocenters. The molecule has 0 aliphatic carbocycles. The fourth-order valence-corrected chi connectivity index (χ4v) is 8.20. The number of hydrogen-bond acceptors (Lipinski definition) is 7. The van der Waals surface area contributed by atoms with Crippen molar-refractivity contribution >= 4 is 39.3 Å². The number of benzene rings is 2.